The van der Waals surface area contributed by atoms with Crippen LogP contribution >= 0.6 is 0 Å². The third kappa shape index (κ3) is 5.56. The van der Waals surface area contributed by atoms with Crippen LogP contribution < -0.4 is 15.1 Å². The minimum absolute atomic E-state index is 0.0134. The van der Waals surface area contributed by atoms with Crippen LogP contribution in [0.15, 0.2) is 48.5 Å². The lowest BCUT2D eigenvalue weighted by atomic mass is 10.1. The van der Waals surface area contributed by atoms with E-state index in [1.54, 1.807) is 0 Å². The van der Waals surface area contributed by atoms with Crippen LogP contribution in [0.3, 0.4) is 0 Å². The maximum Gasteiger partial charge on any atom is 0.227 e. The summed E-state index contributed by atoms with van der Waals surface area (Å²) in [5.74, 6) is -1.73. The summed E-state index contributed by atoms with van der Waals surface area (Å²) in [6.07, 6.45) is 0.0386. The van der Waals surface area contributed by atoms with Gasteiger partial charge in [-0.1, -0.05) is 12.1 Å². The van der Waals surface area contributed by atoms with Gasteiger partial charge in [-0.3, -0.25) is 9.59 Å². The second-order valence-electron chi connectivity index (χ2n) is 8.71. The Morgan fingerprint density at radius 2 is 1.76 bits per heavy atom. The van der Waals surface area contributed by atoms with Gasteiger partial charge < -0.3 is 15.1 Å². The molecule has 2 aliphatic heterocycles. The molecule has 1 unspecified atom stereocenters. The molecule has 1 atom stereocenters. The molecule has 182 valence electrons. The summed E-state index contributed by atoms with van der Waals surface area (Å²) in [5.41, 5.74) is 2.78. The number of benzene rings is 2. The fourth-order valence-corrected chi connectivity index (χ4v) is 5.72. The average molecular weight is 489 g/mol. The molecule has 0 aliphatic carbocycles. The van der Waals surface area contributed by atoms with Gasteiger partial charge in [0.05, 0.1) is 11.7 Å². The molecule has 0 radical (unpaired) electrons. The standard InChI is InChI=1S/C24H29FN4O4S/c1-18-3-2-4-22(15-18)27-10-12-28(13-11-27)34(32,33)14-9-26-24(31)19-16-23(30)29(17-19)21-7-5-20(25)6-8-21/h2-8,15,19H,9-14,16-17H2,1H3,(H,26,31). The maximum absolute atomic E-state index is 13.1. The van der Waals surface area contributed by atoms with Gasteiger partial charge in [-0.25, -0.2) is 12.8 Å². The number of rotatable bonds is 7. The number of piperazine rings is 1. The lowest BCUT2D eigenvalue weighted by Crippen LogP contribution is -2.50. The first kappa shape index (κ1) is 24.2. The van der Waals surface area contributed by atoms with Gasteiger partial charge in [0.2, 0.25) is 21.8 Å². The van der Waals surface area contributed by atoms with Crippen molar-refractivity contribution in [1.29, 1.82) is 0 Å². The number of halogens is 1. The van der Waals surface area contributed by atoms with Crippen molar-refractivity contribution >= 4 is 33.2 Å². The molecule has 34 heavy (non-hydrogen) atoms. The number of carbonyl (C=O) groups excluding carboxylic acids is 2. The van der Waals surface area contributed by atoms with Crippen molar-refractivity contribution in [2.24, 2.45) is 5.92 Å². The van der Waals surface area contributed by atoms with Crippen molar-refractivity contribution < 1.29 is 22.4 Å². The third-order valence-corrected chi connectivity index (χ3v) is 8.16. The SMILES string of the molecule is Cc1cccc(N2CCN(S(=O)(=O)CCNC(=O)C3CC(=O)N(c4ccc(F)cc4)C3)CC2)c1. The Morgan fingerprint density at radius 3 is 2.44 bits per heavy atom. The van der Waals surface area contributed by atoms with Crippen LogP contribution in [0.4, 0.5) is 15.8 Å². The summed E-state index contributed by atoms with van der Waals surface area (Å²) >= 11 is 0. The number of amides is 2. The van der Waals surface area contributed by atoms with Crippen molar-refractivity contribution in [2.45, 2.75) is 13.3 Å². The number of hydrogen-bond acceptors (Lipinski definition) is 5. The predicted molar refractivity (Wildman–Crippen MR) is 129 cm³/mol. The lowest BCUT2D eigenvalue weighted by Gasteiger charge is -2.35. The van der Waals surface area contributed by atoms with Crippen molar-refractivity contribution in [3.8, 4) is 0 Å². The van der Waals surface area contributed by atoms with Gasteiger partial charge in [-0.2, -0.15) is 4.31 Å². The highest BCUT2D eigenvalue weighted by molar-refractivity contribution is 7.89. The zero-order valence-corrected chi connectivity index (χ0v) is 19.9. The van der Waals surface area contributed by atoms with Crippen LogP contribution in [0.5, 0.6) is 0 Å². The Hall–Kier alpha value is -2.98. The Morgan fingerprint density at radius 1 is 1.06 bits per heavy atom. The molecule has 0 saturated carbocycles. The van der Waals surface area contributed by atoms with Gasteiger partial charge in [0.1, 0.15) is 5.82 Å². The Labute approximate surface area is 199 Å². The summed E-state index contributed by atoms with van der Waals surface area (Å²) in [5, 5.41) is 2.67. The van der Waals surface area contributed by atoms with Crippen LogP contribution in [0.25, 0.3) is 0 Å². The topological polar surface area (TPSA) is 90.0 Å². The molecule has 2 aliphatic rings. The van der Waals surface area contributed by atoms with Gasteiger partial charge >= 0.3 is 0 Å². The highest BCUT2D eigenvalue weighted by atomic mass is 32.2. The molecular weight excluding hydrogens is 459 g/mol. The normalized spacial score (nSPS) is 19.5. The van der Waals surface area contributed by atoms with E-state index >= 15 is 0 Å². The largest absolute Gasteiger partial charge is 0.369 e. The smallest absolute Gasteiger partial charge is 0.227 e. The molecule has 2 aromatic rings. The summed E-state index contributed by atoms with van der Waals surface area (Å²) in [6.45, 7) is 4.21. The number of aryl methyl sites for hydroxylation is 1. The van der Waals surface area contributed by atoms with Gasteiger partial charge in [0.15, 0.2) is 0 Å². The molecule has 0 bridgehead atoms. The molecule has 2 aromatic carbocycles. The average Bonchev–Trinajstić information content (AvgIpc) is 3.21. The van der Waals surface area contributed by atoms with Gasteiger partial charge in [-0.15, -0.1) is 0 Å². The molecule has 2 saturated heterocycles. The number of nitrogens with one attached hydrogen (secondary N) is 1. The van der Waals surface area contributed by atoms with Crippen molar-refractivity contribution in [1.82, 2.24) is 9.62 Å². The summed E-state index contributed by atoms with van der Waals surface area (Å²) in [4.78, 5) is 28.5. The Bertz CT molecular complexity index is 1150. The highest BCUT2D eigenvalue weighted by Crippen LogP contribution is 2.25. The molecule has 10 heteroatoms. The summed E-state index contributed by atoms with van der Waals surface area (Å²) in [7, 11) is -3.51. The molecule has 2 amide bonds. The van der Waals surface area contributed by atoms with Crippen LogP contribution in [-0.2, 0) is 19.6 Å². The zero-order chi connectivity index (χ0) is 24.3. The molecule has 4 rings (SSSR count). The van der Waals surface area contributed by atoms with Crippen molar-refractivity contribution in [3.05, 3.63) is 59.9 Å². The maximum atomic E-state index is 13.1. The first-order chi connectivity index (χ1) is 16.2. The molecule has 8 nitrogen and oxygen atoms in total. The van der Waals surface area contributed by atoms with E-state index in [0.29, 0.717) is 31.9 Å². The van der Waals surface area contributed by atoms with Crippen LogP contribution in [-0.4, -0.2) is 69.6 Å². The van der Waals surface area contributed by atoms with E-state index in [2.05, 4.69) is 16.3 Å². The quantitative estimate of drug-likeness (QED) is 0.642. The van der Waals surface area contributed by atoms with E-state index in [4.69, 9.17) is 0 Å². The van der Waals surface area contributed by atoms with Crippen molar-refractivity contribution in [2.75, 3.05) is 54.8 Å². The second kappa shape index (κ2) is 10.1. The lowest BCUT2D eigenvalue weighted by molar-refractivity contribution is -0.126. The van der Waals surface area contributed by atoms with E-state index < -0.39 is 21.8 Å². The number of anilines is 2. The second-order valence-corrected chi connectivity index (χ2v) is 10.8. The summed E-state index contributed by atoms with van der Waals surface area (Å²) < 4.78 is 40.1. The van der Waals surface area contributed by atoms with E-state index in [9.17, 15) is 22.4 Å². The third-order valence-electron chi connectivity index (χ3n) is 6.29. The van der Waals surface area contributed by atoms with Gasteiger partial charge in [0, 0.05) is 57.1 Å². The Kier molecular flexibility index (Phi) is 7.18. The van der Waals surface area contributed by atoms with Gasteiger partial charge in [0.25, 0.3) is 0 Å². The monoisotopic (exact) mass is 488 g/mol. The fraction of sp³-hybridized carbons (Fsp3) is 0.417. The number of sulfonamides is 1. The van der Waals surface area contributed by atoms with Crippen LogP contribution in [0, 0.1) is 18.7 Å². The molecule has 0 spiro atoms. The zero-order valence-electron chi connectivity index (χ0n) is 19.1. The van der Waals surface area contributed by atoms with Crippen LogP contribution in [0.2, 0.25) is 0 Å². The molecule has 0 aromatic heterocycles. The van der Waals surface area contributed by atoms with E-state index in [-0.39, 0.29) is 37.1 Å². The fourth-order valence-electron chi connectivity index (χ4n) is 4.38. The molecule has 2 heterocycles. The van der Waals surface area contributed by atoms with Gasteiger partial charge in [-0.05, 0) is 48.9 Å². The Balaban J connectivity index is 1.24. The first-order valence-corrected chi connectivity index (χ1v) is 13.0. The number of nitrogens with zero attached hydrogens (tertiary/aromatic N) is 3. The molecule has 2 fully saturated rings. The van der Waals surface area contributed by atoms with E-state index in [0.717, 1.165) is 11.3 Å². The number of hydrogen-bond donors (Lipinski definition) is 1. The predicted octanol–water partition coefficient (Wildman–Crippen LogP) is 1.76. The minimum atomic E-state index is -3.51. The highest BCUT2D eigenvalue weighted by Gasteiger charge is 2.35. The molecular formula is C24H29FN4O4S. The van der Waals surface area contributed by atoms with E-state index in [1.165, 1.54) is 33.5 Å². The van der Waals surface area contributed by atoms with E-state index in [1.807, 2.05) is 25.1 Å². The minimum Gasteiger partial charge on any atom is -0.369 e. The van der Waals surface area contributed by atoms with Crippen LogP contribution in [0.1, 0.15) is 12.0 Å². The first-order valence-electron chi connectivity index (χ1n) is 11.4. The summed E-state index contributed by atoms with van der Waals surface area (Å²) in [6, 6.07) is 13.7. The number of carbonyl (C=O) groups is 2. The van der Waals surface area contributed by atoms with Crippen molar-refractivity contribution in [3.63, 3.8) is 0 Å². The molecule has 1 N–H and O–H groups in total.